The van der Waals surface area contributed by atoms with Gasteiger partial charge < -0.3 is 14.3 Å². The lowest BCUT2D eigenvalue weighted by Crippen LogP contribution is -2.30. The number of anilines is 1. The monoisotopic (exact) mass is 431 g/mol. The van der Waals surface area contributed by atoms with Gasteiger partial charge in [-0.15, -0.1) is 0 Å². The molecule has 1 N–H and O–H groups in total. The highest BCUT2D eigenvalue weighted by molar-refractivity contribution is 6.16. The van der Waals surface area contributed by atoms with Crippen LogP contribution in [-0.4, -0.2) is 23.4 Å². The van der Waals surface area contributed by atoms with Gasteiger partial charge >= 0.3 is 0 Å². The molecule has 0 spiro atoms. The molecule has 6 nitrogen and oxygen atoms in total. The third-order valence-corrected chi connectivity index (χ3v) is 5.37. The number of amides is 1. The zero-order valence-electron chi connectivity index (χ0n) is 17.9. The number of aliphatic hydroxyl groups excluding tert-OH is 1. The van der Waals surface area contributed by atoms with Crippen molar-refractivity contribution in [2.24, 2.45) is 0 Å². The molecule has 1 unspecified atom stereocenters. The predicted molar refractivity (Wildman–Crippen MR) is 121 cm³/mol. The van der Waals surface area contributed by atoms with Crippen molar-refractivity contribution in [3.05, 3.63) is 95.6 Å². The van der Waals surface area contributed by atoms with E-state index in [0.717, 1.165) is 12.0 Å². The van der Waals surface area contributed by atoms with Gasteiger partial charge in [0.2, 0.25) is 0 Å². The molecular weight excluding hydrogens is 406 g/mol. The number of aryl methyl sites for hydroxylation is 1. The summed E-state index contributed by atoms with van der Waals surface area (Å²) in [7, 11) is 0. The van der Waals surface area contributed by atoms with Gasteiger partial charge in [-0.2, -0.15) is 0 Å². The van der Waals surface area contributed by atoms with Crippen molar-refractivity contribution >= 4 is 17.4 Å². The Morgan fingerprint density at radius 3 is 2.62 bits per heavy atom. The molecule has 6 heteroatoms. The first-order valence-electron chi connectivity index (χ1n) is 10.7. The molecule has 3 aromatic rings. The van der Waals surface area contributed by atoms with Crippen LogP contribution in [0.25, 0.3) is 0 Å². The highest BCUT2D eigenvalue weighted by Gasteiger charge is 2.45. The normalized spacial score (nSPS) is 16.0. The quantitative estimate of drug-likeness (QED) is 0.506. The van der Waals surface area contributed by atoms with E-state index in [0.29, 0.717) is 30.2 Å². The van der Waals surface area contributed by atoms with Crippen LogP contribution in [0.5, 0.6) is 5.75 Å². The van der Waals surface area contributed by atoms with Gasteiger partial charge in [0.05, 0.1) is 18.4 Å². The summed E-state index contributed by atoms with van der Waals surface area (Å²) in [6.07, 6.45) is 3.02. The fraction of sp³-hybridized carbons (Fsp3) is 0.231. The second-order valence-corrected chi connectivity index (χ2v) is 7.61. The summed E-state index contributed by atoms with van der Waals surface area (Å²) in [6.45, 7) is 2.56. The third kappa shape index (κ3) is 4.30. The van der Waals surface area contributed by atoms with E-state index in [2.05, 4.69) is 0 Å². The van der Waals surface area contributed by atoms with Gasteiger partial charge in [0.1, 0.15) is 17.6 Å². The molecule has 0 radical (unpaired) electrons. The molecule has 2 aromatic carbocycles. The molecular formula is C26H25NO5. The summed E-state index contributed by atoms with van der Waals surface area (Å²) in [4.78, 5) is 27.7. The Hall–Kier alpha value is -3.80. The highest BCUT2D eigenvalue weighted by atomic mass is 16.5. The van der Waals surface area contributed by atoms with Gasteiger partial charge in [-0.3, -0.25) is 14.5 Å². The van der Waals surface area contributed by atoms with Crippen molar-refractivity contribution in [1.29, 1.82) is 0 Å². The van der Waals surface area contributed by atoms with Crippen LogP contribution < -0.4 is 9.64 Å². The minimum Gasteiger partial charge on any atom is -0.503 e. The molecule has 1 amide bonds. The Labute approximate surface area is 186 Å². The van der Waals surface area contributed by atoms with Gasteiger partial charge in [0.25, 0.3) is 5.91 Å². The minimum absolute atomic E-state index is 0.0563. The first kappa shape index (κ1) is 21.4. The van der Waals surface area contributed by atoms with E-state index in [1.165, 1.54) is 11.2 Å². The summed E-state index contributed by atoms with van der Waals surface area (Å²) >= 11 is 0. The molecule has 0 fully saturated rings. The maximum absolute atomic E-state index is 13.2. The Morgan fingerprint density at radius 2 is 1.91 bits per heavy atom. The SMILES string of the molecule is CCCOc1cccc(N2C(=O)C(O)=C(C(=O)CCc3ccccc3)C2c2ccco2)c1. The average molecular weight is 431 g/mol. The van der Waals surface area contributed by atoms with E-state index in [1.807, 2.05) is 37.3 Å². The predicted octanol–water partition coefficient (Wildman–Crippen LogP) is 5.17. The van der Waals surface area contributed by atoms with E-state index < -0.39 is 17.7 Å². The number of furan rings is 1. The summed E-state index contributed by atoms with van der Waals surface area (Å²) in [5, 5.41) is 10.7. The van der Waals surface area contributed by atoms with Crippen molar-refractivity contribution in [1.82, 2.24) is 0 Å². The molecule has 0 bridgehead atoms. The van der Waals surface area contributed by atoms with Crippen molar-refractivity contribution < 1.29 is 23.8 Å². The Bertz CT molecular complexity index is 1120. The molecule has 1 aliphatic heterocycles. The number of hydrogen-bond donors (Lipinski definition) is 1. The van der Waals surface area contributed by atoms with Gasteiger partial charge in [-0.05, 0) is 42.7 Å². The van der Waals surface area contributed by atoms with Crippen molar-refractivity contribution in [3.8, 4) is 5.75 Å². The number of ether oxygens (including phenoxy) is 1. The lowest BCUT2D eigenvalue weighted by Gasteiger charge is -2.25. The van der Waals surface area contributed by atoms with Crippen LogP contribution in [-0.2, 0) is 16.0 Å². The van der Waals surface area contributed by atoms with Gasteiger partial charge in [0.15, 0.2) is 11.5 Å². The lowest BCUT2D eigenvalue weighted by molar-refractivity contribution is -0.118. The first-order chi connectivity index (χ1) is 15.6. The fourth-order valence-corrected chi connectivity index (χ4v) is 3.85. The number of nitrogens with zero attached hydrogens (tertiary/aromatic N) is 1. The van der Waals surface area contributed by atoms with Crippen LogP contribution in [0.1, 0.15) is 37.1 Å². The standard InChI is InChI=1S/C26H25NO5/c1-2-15-31-20-11-6-10-19(17-20)27-24(22-12-7-16-32-22)23(25(29)26(27)30)21(28)14-13-18-8-4-3-5-9-18/h3-12,16-17,24,29H,2,13-15H2,1H3. The molecule has 1 atom stereocenters. The van der Waals surface area contributed by atoms with Gasteiger partial charge in [-0.25, -0.2) is 0 Å². The molecule has 0 saturated heterocycles. The number of Topliss-reactive ketones (excluding diaryl/α,β-unsaturated/α-hetero) is 1. The van der Waals surface area contributed by atoms with Crippen molar-refractivity contribution in [2.45, 2.75) is 32.2 Å². The van der Waals surface area contributed by atoms with Crippen LogP contribution >= 0.6 is 0 Å². The molecule has 4 rings (SSSR count). The Balaban J connectivity index is 1.66. The number of carbonyl (C=O) groups is 2. The summed E-state index contributed by atoms with van der Waals surface area (Å²) in [5.74, 6) is -0.447. The van der Waals surface area contributed by atoms with E-state index in [-0.39, 0.29) is 17.8 Å². The van der Waals surface area contributed by atoms with Crippen molar-refractivity contribution in [3.63, 3.8) is 0 Å². The summed E-state index contributed by atoms with van der Waals surface area (Å²) in [5.41, 5.74) is 1.58. The molecule has 0 saturated carbocycles. The Kier molecular flexibility index (Phi) is 6.40. The number of carbonyl (C=O) groups excluding carboxylic acids is 2. The molecule has 1 aliphatic rings. The second kappa shape index (κ2) is 9.56. The largest absolute Gasteiger partial charge is 0.503 e. The van der Waals surface area contributed by atoms with Crippen molar-refractivity contribution in [2.75, 3.05) is 11.5 Å². The van der Waals surface area contributed by atoms with E-state index in [9.17, 15) is 14.7 Å². The Morgan fingerprint density at radius 1 is 1.09 bits per heavy atom. The number of ketones is 1. The smallest absolute Gasteiger partial charge is 0.294 e. The van der Waals surface area contributed by atoms with E-state index >= 15 is 0 Å². The van der Waals surface area contributed by atoms with Crippen LogP contribution in [0.15, 0.2) is 88.7 Å². The zero-order chi connectivity index (χ0) is 22.5. The molecule has 1 aromatic heterocycles. The maximum Gasteiger partial charge on any atom is 0.294 e. The number of benzene rings is 2. The van der Waals surface area contributed by atoms with Crippen LogP contribution in [0.4, 0.5) is 5.69 Å². The van der Waals surface area contributed by atoms with E-state index in [4.69, 9.17) is 9.15 Å². The van der Waals surface area contributed by atoms with Crippen LogP contribution in [0, 0.1) is 0 Å². The first-order valence-corrected chi connectivity index (χ1v) is 10.7. The zero-order valence-corrected chi connectivity index (χ0v) is 17.9. The van der Waals surface area contributed by atoms with E-state index in [1.54, 1.807) is 36.4 Å². The summed E-state index contributed by atoms with van der Waals surface area (Å²) in [6, 6.07) is 19.2. The molecule has 32 heavy (non-hydrogen) atoms. The number of rotatable bonds is 9. The number of aliphatic hydroxyl groups is 1. The number of hydrogen-bond acceptors (Lipinski definition) is 5. The van der Waals surface area contributed by atoms with Crippen LogP contribution in [0.2, 0.25) is 0 Å². The summed E-state index contributed by atoms with van der Waals surface area (Å²) < 4.78 is 11.3. The lowest BCUT2D eigenvalue weighted by atomic mass is 9.96. The maximum atomic E-state index is 13.2. The minimum atomic E-state index is -0.845. The molecule has 2 heterocycles. The molecule has 0 aliphatic carbocycles. The fourth-order valence-electron chi connectivity index (χ4n) is 3.85. The average Bonchev–Trinajstić information content (AvgIpc) is 3.44. The molecule has 164 valence electrons. The van der Waals surface area contributed by atoms with Gasteiger partial charge in [-0.1, -0.05) is 43.3 Å². The van der Waals surface area contributed by atoms with Gasteiger partial charge in [0, 0.05) is 18.2 Å². The highest BCUT2D eigenvalue weighted by Crippen LogP contribution is 2.42. The third-order valence-electron chi connectivity index (χ3n) is 5.37. The topological polar surface area (TPSA) is 80.0 Å². The van der Waals surface area contributed by atoms with Crippen LogP contribution in [0.3, 0.4) is 0 Å². The second-order valence-electron chi connectivity index (χ2n) is 7.61.